The minimum Gasteiger partial charge on any atom is -0.322 e. The van der Waals surface area contributed by atoms with Crippen LogP contribution in [0, 0.1) is 5.82 Å². The Hall–Kier alpha value is -2.61. The summed E-state index contributed by atoms with van der Waals surface area (Å²) in [5.41, 5.74) is 0.161. The number of alkyl halides is 3. The van der Waals surface area contributed by atoms with Gasteiger partial charge in [0.15, 0.2) is 0 Å². The number of carbonyl (C=O) groups excluding carboxylic acids is 1. The second-order valence-electron chi connectivity index (χ2n) is 6.40. The molecule has 0 unspecified atom stereocenters. The molecule has 3 rings (SSSR count). The smallest absolute Gasteiger partial charge is 0.322 e. The van der Waals surface area contributed by atoms with Gasteiger partial charge >= 0.3 is 12.2 Å². The SMILES string of the molecule is O=C(Nc1cccc(C(F)(F)F)c1)N1CCN(Cc2cccc(F)c2)CC1. The monoisotopic (exact) mass is 381 g/mol. The van der Waals surface area contributed by atoms with E-state index >= 15 is 0 Å². The van der Waals surface area contributed by atoms with Crippen LogP contribution in [0.15, 0.2) is 48.5 Å². The molecule has 1 N–H and O–H groups in total. The van der Waals surface area contributed by atoms with E-state index in [1.54, 1.807) is 11.0 Å². The molecule has 0 aliphatic carbocycles. The lowest BCUT2D eigenvalue weighted by Crippen LogP contribution is -2.49. The second-order valence-corrected chi connectivity index (χ2v) is 6.40. The van der Waals surface area contributed by atoms with E-state index in [0.29, 0.717) is 32.7 Å². The first-order valence-electron chi connectivity index (χ1n) is 8.51. The molecule has 2 aromatic rings. The number of hydrogen-bond donors (Lipinski definition) is 1. The van der Waals surface area contributed by atoms with E-state index in [2.05, 4.69) is 10.2 Å². The summed E-state index contributed by atoms with van der Waals surface area (Å²) < 4.78 is 51.5. The lowest BCUT2D eigenvalue weighted by atomic mass is 10.2. The highest BCUT2D eigenvalue weighted by Crippen LogP contribution is 2.30. The van der Waals surface area contributed by atoms with Crippen LogP contribution in [0.3, 0.4) is 0 Å². The number of halogens is 4. The van der Waals surface area contributed by atoms with Crippen molar-refractivity contribution in [2.45, 2.75) is 12.7 Å². The van der Waals surface area contributed by atoms with Gasteiger partial charge in [-0.15, -0.1) is 0 Å². The molecular weight excluding hydrogens is 362 g/mol. The van der Waals surface area contributed by atoms with Crippen LogP contribution in [0.4, 0.5) is 28.0 Å². The first-order valence-corrected chi connectivity index (χ1v) is 8.51. The van der Waals surface area contributed by atoms with Crippen molar-refractivity contribution in [3.05, 3.63) is 65.5 Å². The van der Waals surface area contributed by atoms with E-state index in [-0.39, 0.29) is 11.5 Å². The van der Waals surface area contributed by atoms with Crippen molar-refractivity contribution in [1.82, 2.24) is 9.80 Å². The number of nitrogens with zero attached hydrogens (tertiary/aromatic N) is 2. The van der Waals surface area contributed by atoms with Gasteiger partial charge in [-0.3, -0.25) is 4.90 Å². The van der Waals surface area contributed by atoms with Gasteiger partial charge in [0.05, 0.1) is 5.56 Å². The topological polar surface area (TPSA) is 35.6 Å². The van der Waals surface area contributed by atoms with Crippen molar-refractivity contribution in [3.63, 3.8) is 0 Å². The standard InChI is InChI=1S/C19H19F4N3O/c20-16-5-1-3-14(11-16)13-25-7-9-26(10-8-25)18(27)24-17-6-2-4-15(12-17)19(21,22)23/h1-6,11-12H,7-10,13H2,(H,24,27). The number of urea groups is 1. The van der Waals surface area contributed by atoms with Crippen molar-refractivity contribution in [2.75, 3.05) is 31.5 Å². The Bertz CT molecular complexity index is 802. The molecule has 0 saturated carbocycles. The van der Waals surface area contributed by atoms with Crippen LogP contribution in [0.5, 0.6) is 0 Å². The molecule has 0 aromatic heterocycles. The molecule has 1 fully saturated rings. The van der Waals surface area contributed by atoms with Gasteiger partial charge in [-0.25, -0.2) is 9.18 Å². The van der Waals surface area contributed by atoms with Crippen molar-refractivity contribution in [3.8, 4) is 0 Å². The molecule has 1 aliphatic rings. The fraction of sp³-hybridized carbons (Fsp3) is 0.316. The summed E-state index contributed by atoms with van der Waals surface area (Å²) >= 11 is 0. The Morgan fingerprint density at radius 2 is 1.70 bits per heavy atom. The number of amides is 2. The largest absolute Gasteiger partial charge is 0.416 e. The van der Waals surface area contributed by atoms with Crippen molar-refractivity contribution in [1.29, 1.82) is 0 Å². The Balaban J connectivity index is 1.53. The van der Waals surface area contributed by atoms with Gasteiger partial charge in [0.2, 0.25) is 0 Å². The van der Waals surface area contributed by atoms with Crippen LogP contribution in [-0.2, 0) is 12.7 Å². The summed E-state index contributed by atoms with van der Waals surface area (Å²) in [4.78, 5) is 16.0. The van der Waals surface area contributed by atoms with Crippen molar-refractivity contribution < 1.29 is 22.4 Å². The van der Waals surface area contributed by atoms with Crippen LogP contribution in [0.1, 0.15) is 11.1 Å². The van der Waals surface area contributed by atoms with Gasteiger partial charge in [0.25, 0.3) is 0 Å². The molecule has 27 heavy (non-hydrogen) atoms. The Kier molecular flexibility index (Phi) is 5.65. The predicted octanol–water partition coefficient (Wildman–Crippen LogP) is 4.19. The zero-order valence-electron chi connectivity index (χ0n) is 14.5. The lowest BCUT2D eigenvalue weighted by Gasteiger charge is -2.34. The third kappa shape index (κ3) is 5.19. The molecule has 1 heterocycles. The molecule has 0 bridgehead atoms. The van der Waals surface area contributed by atoms with Gasteiger partial charge in [0.1, 0.15) is 5.82 Å². The van der Waals surface area contributed by atoms with E-state index in [1.165, 1.54) is 24.3 Å². The van der Waals surface area contributed by atoms with E-state index in [0.717, 1.165) is 17.7 Å². The molecule has 0 atom stereocenters. The van der Waals surface area contributed by atoms with Crippen LogP contribution < -0.4 is 5.32 Å². The molecule has 1 saturated heterocycles. The Morgan fingerprint density at radius 1 is 1.00 bits per heavy atom. The number of rotatable bonds is 3. The summed E-state index contributed by atoms with van der Waals surface area (Å²) in [7, 11) is 0. The lowest BCUT2D eigenvalue weighted by molar-refractivity contribution is -0.137. The molecule has 1 aliphatic heterocycles. The number of anilines is 1. The zero-order chi connectivity index (χ0) is 19.4. The maximum atomic E-state index is 13.2. The summed E-state index contributed by atoms with van der Waals surface area (Å²) in [6, 6.07) is 10.5. The normalized spacial score (nSPS) is 15.6. The first kappa shape index (κ1) is 19.2. The minimum atomic E-state index is -4.46. The molecular formula is C19H19F4N3O. The van der Waals surface area contributed by atoms with Crippen LogP contribution in [0.2, 0.25) is 0 Å². The van der Waals surface area contributed by atoms with Crippen LogP contribution in [-0.4, -0.2) is 42.0 Å². The van der Waals surface area contributed by atoms with Gasteiger partial charge in [0, 0.05) is 38.4 Å². The third-order valence-electron chi connectivity index (χ3n) is 4.40. The third-order valence-corrected chi connectivity index (χ3v) is 4.40. The Labute approximate surface area is 154 Å². The van der Waals surface area contributed by atoms with Crippen LogP contribution >= 0.6 is 0 Å². The molecule has 0 spiro atoms. The summed E-state index contributed by atoms with van der Waals surface area (Å²) in [6.07, 6.45) is -4.46. The molecule has 8 heteroatoms. The highest BCUT2D eigenvalue weighted by molar-refractivity contribution is 5.89. The van der Waals surface area contributed by atoms with Gasteiger partial charge in [-0.05, 0) is 35.9 Å². The first-order chi connectivity index (χ1) is 12.8. The van der Waals surface area contributed by atoms with E-state index in [1.807, 2.05) is 6.07 Å². The van der Waals surface area contributed by atoms with Gasteiger partial charge in [-0.2, -0.15) is 13.2 Å². The highest BCUT2D eigenvalue weighted by atomic mass is 19.4. The highest BCUT2D eigenvalue weighted by Gasteiger charge is 2.30. The van der Waals surface area contributed by atoms with Gasteiger partial charge < -0.3 is 10.2 Å². The maximum Gasteiger partial charge on any atom is 0.416 e. The average Bonchev–Trinajstić information content (AvgIpc) is 2.62. The maximum absolute atomic E-state index is 13.2. The van der Waals surface area contributed by atoms with E-state index in [4.69, 9.17) is 0 Å². The van der Waals surface area contributed by atoms with E-state index in [9.17, 15) is 22.4 Å². The fourth-order valence-electron chi connectivity index (χ4n) is 2.98. The molecule has 4 nitrogen and oxygen atoms in total. The quantitative estimate of drug-likeness (QED) is 0.809. The Morgan fingerprint density at radius 3 is 2.37 bits per heavy atom. The summed E-state index contributed by atoms with van der Waals surface area (Å²) in [6.45, 7) is 2.68. The van der Waals surface area contributed by atoms with Crippen molar-refractivity contribution in [2.24, 2.45) is 0 Å². The van der Waals surface area contributed by atoms with Gasteiger partial charge in [-0.1, -0.05) is 18.2 Å². The number of nitrogens with one attached hydrogen (secondary N) is 1. The van der Waals surface area contributed by atoms with Crippen molar-refractivity contribution >= 4 is 11.7 Å². The average molecular weight is 381 g/mol. The number of benzene rings is 2. The molecule has 0 radical (unpaired) electrons. The molecule has 2 aromatic carbocycles. The predicted molar refractivity (Wildman–Crippen MR) is 93.7 cm³/mol. The second kappa shape index (κ2) is 7.96. The molecule has 144 valence electrons. The fourth-order valence-corrected chi connectivity index (χ4v) is 2.98. The summed E-state index contributed by atoms with van der Waals surface area (Å²) in [5, 5.41) is 2.52. The number of piperazine rings is 1. The van der Waals surface area contributed by atoms with Crippen LogP contribution in [0.25, 0.3) is 0 Å². The number of hydrogen-bond acceptors (Lipinski definition) is 2. The molecule has 2 amide bonds. The zero-order valence-corrected chi connectivity index (χ0v) is 14.5. The van der Waals surface area contributed by atoms with E-state index < -0.39 is 17.8 Å². The number of carbonyl (C=O) groups is 1. The minimum absolute atomic E-state index is 0.108. The summed E-state index contributed by atoms with van der Waals surface area (Å²) in [5.74, 6) is -0.286.